The smallest absolute Gasteiger partial charge is 0.137 e. The van der Waals surface area contributed by atoms with Crippen LogP contribution in [-0.2, 0) is 0 Å². The Morgan fingerprint density at radius 3 is 2.64 bits per heavy atom. The molecule has 4 heteroatoms. The second-order valence-electron chi connectivity index (χ2n) is 2.47. The molecule has 0 N–H and O–H groups in total. The van der Waals surface area contributed by atoms with Gasteiger partial charge >= 0.3 is 0 Å². The molecule has 0 heterocycles. The molecule has 0 unspecified atom stereocenters. The van der Waals surface area contributed by atoms with Crippen LogP contribution in [0.3, 0.4) is 0 Å². The Morgan fingerprint density at radius 1 is 1.29 bits per heavy atom. The van der Waals surface area contributed by atoms with Crippen LogP contribution in [0.1, 0.15) is 11.1 Å². The predicted octanol–water partition coefficient (Wildman–Crippen LogP) is 2.20. The standard InChI is InChI=1S/C10H7BrN2O/c11-3-4-14-10-2-1-8(6-12)5-9(10)7-13/h1-2,5H,3-4H2. The molecular formula is C10H7BrN2O. The summed E-state index contributed by atoms with van der Waals surface area (Å²) in [5.74, 6) is 0.519. The molecule has 0 fully saturated rings. The van der Waals surface area contributed by atoms with Gasteiger partial charge in [0.2, 0.25) is 0 Å². The molecule has 0 radical (unpaired) electrons. The van der Waals surface area contributed by atoms with Crippen molar-refractivity contribution in [2.75, 3.05) is 11.9 Å². The Hall–Kier alpha value is -1.52. The molecule has 0 aromatic heterocycles. The Morgan fingerprint density at radius 2 is 2.07 bits per heavy atom. The van der Waals surface area contributed by atoms with Gasteiger partial charge < -0.3 is 4.74 Å². The Kier molecular flexibility index (Phi) is 3.97. The SMILES string of the molecule is N#Cc1ccc(OCCBr)c(C#N)c1. The molecule has 0 saturated carbocycles. The van der Waals surface area contributed by atoms with E-state index in [0.29, 0.717) is 28.8 Å². The molecule has 0 bridgehead atoms. The Labute approximate surface area is 90.7 Å². The largest absolute Gasteiger partial charge is 0.491 e. The van der Waals surface area contributed by atoms with Gasteiger partial charge in [0.05, 0.1) is 23.8 Å². The summed E-state index contributed by atoms with van der Waals surface area (Å²) in [7, 11) is 0. The third-order valence-electron chi connectivity index (χ3n) is 1.56. The number of rotatable bonds is 3. The lowest BCUT2D eigenvalue weighted by Gasteiger charge is -2.05. The molecule has 1 aromatic rings. The van der Waals surface area contributed by atoms with Crippen LogP contribution < -0.4 is 4.74 Å². The van der Waals surface area contributed by atoms with Gasteiger partial charge in [-0.3, -0.25) is 0 Å². The van der Waals surface area contributed by atoms with E-state index in [1.165, 1.54) is 6.07 Å². The van der Waals surface area contributed by atoms with E-state index < -0.39 is 0 Å². The molecule has 0 amide bonds. The fourth-order valence-corrected chi connectivity index (χ4v) is 1.12. The quantitative estimate of drug-likeness (QED) is 0.774. The normalized spacial score (nSPS) is 8.79. The van der Waals surface area contributed by atoms with Crippen molar-refractivity contribution in [2.24, 2.45) is 0 Å². The van der Waals surface area contributed by atoms with Crippen molar-refractivity contribution < 1.29 is 4.74 Å². The molecular weight excluding hydrogens is 244 g/mol. The van der Waals surface area contributed by atoms with Crippen molar-refractivity contribution >= 4 is 15.9 Å². The van der Waals surface area contributed by atoms with E-state index in [2.05, 4.69) is 15.9 Å². The van der Waals surface area contributed by atoms with Crippen molar-refractivity contribution in [1.29, 1.82) is 10.5 Å². The topological polar surface area (TPSA) is 56.8 Å². The summed E-state index contributed by atoms with van der Waals surface area (Å²) in [6.07, 6.45) is 0. The van der Waals surface area contributed by atoms with Crippen molar-refractivity contribution in [3.63, 3.8) is 0 Å². The highest BCUT2D eigenvalue weighted by molar-refractivity contribution is 9.09. The van der Waals surface area contributed by atoms with Gasteiger partial charge in [-0.2, -0.15) is 10.5 Å². The first-order chi connectivity index (χ1) is 6.81. The number of halogens is 1. The molecule has 0 spiro atoms. The highest BCUT2D eigenvalue weighted by Crippen LogP contribution is 2.18. The van der Waals surface area contributed by atoms with Crippen LogP contribution in [0.25, 0.3) is 0 Å². The highest BCUT2D eigenvalue weighted by atomic mass is 79.9. The number of benzene rings is 1. The minimum absolute atomic E-state index is 0.394. The minimum Gasteiger partial charge on any atom is -0.491 e. The number of nitrogens with zero attached hydrogens (tertiary/aromatic N) is 2. The fraction of sp³-hybridized carbons (Fsp3) is 0.200. The zero-order valence-corrected chi connectivity index (χ0v) is 8.91. The molecule has 0 aliphatic rings. The van der Waals surface area contributed by atoms with E-state index in [1.54, 1.807) is 12.1 Å². The van der Waals surface area contributed by atoms with Gasteiger partial charge in [-0.05, 0) is 18.2 Å². The summed E-state index contributed by atoms with van der Waals surface area (Å²) >= 11 is 3.22. The van der Waals surface area contributed by atoms with Gasteiger partial charge in [0.1, 0.15) is 11.8 Å². The third-order valence-corrected chi connectivity index (χ3v) is 1.89. The zero-order valence-electron chi connectivity index (χ0n) is 7.33. The average Bonchev–Trinajstić information content (AvgIpc) is 2.26. The lowest BCUT2D eigenvalue weighted by atomic mass is 10.1. The molecule has 1 rings (SSSR count). The summed E-state index contributed by atoms with van der Waals surface area (Å²) < 4.78 is 5.30. The van der Waals surface area contributed by atoms with Crippen molar-refractivity contribution in [3.8, 4) is 17.9 Å². The first kappa shape index (κ1) is 10.6. The summed E-state index contributed by atoms with van der Waals surface area (Å²) in [6.45, 7) is 0.501. The first-order valence-corrected chi connectivity index (χ1v) is 5.07. The second-order valence-corrected chi connectivity index (χ2v) is 3.26. The van der Waals surface area contributed by atoms with E-state index >= 15 is 0 Å². The maximum atomic E-state index is 8.79. The molecule has 0 aliphatic heterocycles. The van der Waals surface area contributed by atoms with Crippen LogP contribution in [0, 0.1) is 22.7 Å². The number of alkyl halides is 1. The van der Waals surface area contributed by atoms with Gasteiger partial charge in [-0.15, -0.1) is 0 Å². The van der Waals surface area contributed by atoms with Crippen molar-refractivity contribution in [3.05, 3.63) is 29.3 Å². The van der Waals surface area contributed by atoms with Gasteiger partial charge in [0.15, 0.2) is 0 Å². The molecule has 0 saturated heterocycles. The van der Waals surface area contributed by atoms with Crippen LogP contribution >= 0.6 is 15.9 Å². The third kappa shape index (κ3) is 2.48. The van der Waals surface area contributed by atoms with E-state index in [-0.39, 0.29) is 0 Å². The van der Waals surface area contributed by atoms with Crippen LogP contribution in [0.4, 0.5) is 0 Å². The first-order valence-electron chi connectivity index (χ1n) is 3.95. The average molecular weight is 251 g/mol. The Balaban J connectivity index is 2.96. The van der Waals surface area contributed by atoms with Gasteiger partial charge in [0, 0.05) is 5.33 Å². The number of hydrogen-bond acceptors (Lipinski definition) is 3. The van der Waals surface area contributed by atoms with E-state index in [1.807, 2.05) is 12.1 Å². The molecule has 0 atom stereocenters. The summed E-state index contributed by atoms with van der Waals surface area (Å²) in [5.41, 5.74) is 0.859. The molecule has 0 aliphatic carbocycles. The number of hydrogen-bond donors (Lipinski definition) is 0. The summed E-state index contributed by atoms with van der Waals surface area (Å²) in [6, 6.07) is 8.74. The minimum atomic E-state index is 0.394. The van der Waals surface area contributed by atoms with Crippen LogP contribution in [0.2, 0.25) is 0 Å². The van der Waals surface area contributed by atoms with Crippen LogP contribution in [0.5, 0.6) is 5.75 Å². The molecule has 70 valence electrons. The number of nitriles is 2. The fourth-order valence-electron chi connectivity index (χ4n) is 0.961. The summed E-state index contributed by atoms with van der Waals surface area (Å²) in [5, 5.41) is 18.1. The van der Waals surface area contributed by atoms with Gasteiger partial charge in [-0.25, -0.2) is 0 Å². The van der Waals surface area contributed by atoms with Crippen LogP contribution in [0.15, 0.2) is 18.2 Å². The maximum absolute atomic E-state index is 8.79. The van der Waals surface area contributed by atoms with E-state index in [4.69, 9.17) is 15.3 Å². The maximum Gasteiger partial charge on any atom is 0.137 e. The monoisotopic (exact) mass is 250 g/mol. The van der Waals surface area contributed by atoms with Crippen LogP contribution in [-0.4, -0.2) is 11.9 Å². The van der Waals surface area contributed by atoms with Crippen molar-refractivity contribution in [1.82, 2.24) is 0 Å². The van der Waals surface area contributed by atoms with E-state index in [0.717, 1.165) is 0 Å². The summed E-state index contributed by atoms with van der Waals surface area (Å²) in [4.78, 5) is 0. The molecule has 1 aromatic carbocycles. The molecule has 14 heavy (non-hydrogen) atoms. The van der Waals surface area contributed by atoms with Gasteiger partial charge in [-0.1, -0.05) is 15.9 Å². The highest BCUT2D eigenvalue weighted by Gasteiger charge is 2.03. The lowest BCUT2D eigenvalue weighted by Crippen LogP contribution is -1.99. The zero-order chi connectivity index (χ0) is 10.4. The second kappa shape index (κ2) is 5.26. The van der Waals surface area contributed by atoms with Gasteiger partial charge in [0.25, 0.3) is 0 Å². The Bertz CT molecular complexity index is 404. The predicted molar refractivity (Wildman–Crippen MR) is 55.2 cm³/mol. The lowest BCUT2D eigenvalue weighted by molar-refractivity contribution is 0.344. The van der Waals surface area contributed by atoms with Crippen molar-refractivity contribution in [2.45, 2.75) is 0 Å². The molecule has 3 nitrogen and oxygen atoms in total. The van der Waals surface area contributed by atoms with E-state index in [9.17, 15) is 0 Å². The number of ether oxygens (including phenoxy) is 1.